The van der Waals surface area contributed by atoms with Crippen molar-refractivity contribution in [2.24, 2.45) is 7.05 Å². The average molecular weight is 581 g/mol. The van der Waals surface area contributed by atoms with E-state index in [4.69, 9.17) is 34.4 Å². The first kappa shape index (κ1) is 27.2. The van der Waals surface area contributed by atoms with Crippen molar-refractivity contribution in [1.29, 1.82) is 0 Å². The number of aromatic nitrogens is 3. The fourth-order valence-electron chi connectivity index (χ4n) is 4.51. The molecule has 0 spiro atoms. The van der Waals surface area contributed by atoms with Gasteiger partial charge in [-0.25, -0.2) is 9.78 Å². The molecule has 2 N–H and O–H groups in total. The van der Waals surface area contributed by atoms with E-state index in [1.54, 1.807) is 60.1 Å². The lowest BCUT2D eigenvalue weighted by atomic mass is 9.98. The number of anilines is 2. The molecular weight excluding hydrogens is 561 g/mol. The normalized spacial score (nSPS) is 12.3. The number of ether oxygens (including phenoxy) is 1. The Labute approximate surface area is 236 Å². The van der Waals surface area contributed by atoms with E-state index in [1.807, 2.05) is 0 Å². The third-order valence-electron chi connectivity index (χ3n) is 6.54. The highest BCUT2D eigenvalue weighted by Gasteiger charge is 2.44. The summed E-state index contributed by atoms with van der Waals surface area (Å²) in [5, 5.41) is 4.38. The van der Waals surface area contributed by atoms with E-state index in [9.17, 15) is 9.59 Å². The number of nitrogens with zero attached hydrogens (tertiary/aromatic N) is 2. The molecular formula is C29H20Cl2F2N4O3. The topological polar surface area (TPSA) is 89.0 Å². The Balaban J connectivity index is 1.66. The highest BCUT2D eigenvalue weighted by atomic mass is 35.5. The number of fused-ring (bicyclic) bond motifs is 3. The second kappa shape index (κ2) is 10.3. The number of aryl methyl sites for hydroxylation is 2. The molecule has 0 saturated carbocycles. The lowest BCUT2D eigenvalue weighted by Gasteiger charge is -2.25. The quantitative estimate of drug-likeness (QED) is 0.168. The number of aromatic amines is 1. The molecule has 40 heavy (non-hydrogen) atoms. The Morgan fingerprint density at radius 2 is 1.80 bits per heavy atom. The van der Waals surface area contributed by atoms with Gasteiger partial charge in [-0.1, -0.05) is 53.5 Å². The Kier molecular flexibility index (Phi) is 7.00. The van der Waals surface area contributed by atoms with Gasteiger partial charge in [0.25, 0.3) is 5.56 Å². The minimum atomic E-state index is -3.92. The molecule has 0 fully saturated rings. The first-order chi connectivity index (χ1) is 19.0. The van der Waals surface area contributed by atoms with Crippen molar-refractivity contribution in [2.45, 2.75) is 19.0 Å². The van der Waals surface area contributed by atoms with Crippen LogP contribution in [-0.4, -0.2) is 26.4 Å². The van der Waals surface area contributed by atoms with E-state index in [1.165, 1.54) is 25.0 Å². The standard InChI is InChI=1S/C29H20Cl2F2N4O3/c1-4-29(32,33)25(40-27(39)16-9-6-5-7-10-16)22-15(2)17-13-14-20-24(21(17)26(38)35-22)37(3)28(34-20)36-23-18(30)11-8-12-19(23)31/h1,5-14,25H,2-3H3,(H,34,36)(H,35,38). The minimum Gasteiger partial charge on any atom is -0.445 e. The summed E-state index contributed by atoms with van der Waals surface area (Å²) in [6, 6.07) is 15.9. The number of para-hydroxylation sites is 1. The van der Waals surface area contributed by atoms with E-state index in [2.05, 4.69) is 15.3 Å². The highest BCUT2D eigenvalue weighted by molar-refractivity contribution is 6.39. The van der Waals surface area contributed by atoms with Gasteiger partial charge in [0.05, 0.1) is 43.4 Å². The van der Waals surface area contributed by atoms with Crippen LogP contribution in [0.4, 0.5) is 20.4 Å². The van der Waals surface area contributed by atoms with Gasteiger partial charge in [-0.15, -0.1) is 6.42 Å². The van der Waals surface area contributed by atoms with Crippen LogP contribution in [0.15, 0.2) is 65.5 Å². The summed E-state index contributed by atoms with van der Waals surface area (Å²) >= 11 is 12.6. The number of esters is 1. The molecule has 0 saturated heterocycles. The predicted octanol–water partition coefficient (Wildman–Crippen LogP) is 6.94. The molecule has 0 aliphatic rings. The van der Waals surface area contributed by atoms with Crippen molar-refractivity contribution in [3.05, 3.63) is 97.9 Å². The molecule has 1 unspecified atom stereocenters. The second-order valence-electron chi connectivity index (χ2n) is 8.98. The van der Waals surface area contributed by atoms with Crippen LogP contribution in [0.3, 0.4) is 0 Å². The molecule has 0 amide bonds. The maximum atomic E-state index is 15.0. The molecule has 2 aromatic heterocycles. The molecule has 1 atom stereocenters. The predicted molar refractivity (Wildman–Crippen MR) is 152 cm³/mol. The van der Waals surface area contributed by atoms with E-state index >= 15 is 8.78 Å². The fraction of sp³-hybridized carbons (Fsp3) is 0.138. The van der Waals surface area contributed by atoms with Crippen LogP contribution < -0.4 is 10.9 Å². The van der Waals surface area contributed by atoms with Crippen LogP contribution in [0.5, 0.6) is 0 Å². The summed E-state index contributed by atoms with van der Waals surface area (Å²) in [4.78, 5) is 33.3. The molecule has 0 aliphatic carbocycles. The van der Waals surface area contributed by atoms with Gasteiger partial charge in [-0.3, -0.25) is 4.79 Å². The molecule has 202 valence electrons. The van der Waals surface area contributed by atoms with Crippen LogP contribution in [-0.2, 0) is 11.8 Å². The van der Waals surface area contributed by atoms with Gasteiger partial charge >= 0.3 is 11.9 Å². The van der Waals surface area contributed by atoms with Crippen molar-refractivity contribution in [3.8, 4) is 12.3 Å². The van der Waals surface area contributed by atoms with Gasteiger partial charge in [0.1, 0.15) is 0 Å². The van der Waals surface area contributed by atoms with Crippen molar-refractivity contribution in [1.82, 2.24) is 14.5 Å². The summed E-state index contributed by atoms with van der Waals surface area (Å²) in [7, 11) is 1.68. The Hall–Kier alpha value is -4.39. The summed E-state index contributed by atoms with van der Waals surface area (Å²) in [5.74, 6) is -3.21. The molecule has 11 heteroatoms. The SMILES string of the molecule is C#CC(F)(F)C(OC(=O)c1ccccc1)c1[nH]c(=O)c2c(ccc3nc(Nc4c(Cl)cccc4Cl)n(C)c32)c1C. The smallest absolute Gasteiger partial charge is 0.349 e. The molecule has 2 heterocycles. The van der Waals surface area contributed by atoms with Gasteiger partial charge in [-0.05, 0) is 54.1 Å². The van der Waals surface area contributed by atoms with Crippen LogP contribution >= 0.6 is 23.2 Å². The van der Waals surface area contributed by atoms with Gasteiger partial charge in [-0.2, -0.15) is 8.78 Å². The van der Waals surface area contributed by atoms with Crippen LogP contribution in [0.25, 0.3) is 21.8 Å². The minimum absolute atomic E-state index is 0.0522. The zero-order valence-electron chi connectivity index (χ0n) is 21.1. The number of pyridine rings is 1. The zero-order valence-corrected chi connectivity index (χ0v) is 22.6. The lowest BCUT2D eigenvalue weighted by Crippen LogP contribution is -2.32. The molecule has 7 nitrogen and oxygen atoms in total. The Morgan fingerprint density at radius 1 is 1.12 bits per heavy atom. The van der Waals surface area contributed by atoms with Crippen LogP contribution in [0, 0.1) is 19.3 Å². The Morgan fingerprint density at radius 3 is 2.45 bits per heavy atom. The molecule has 5 rings (SSSR count). The molecule has 5 aromatic rings. The summed E-state index contributed by atoms with van der Waals surface area (Å²) in [6.45, 7) is 1.54. The number of hydrogen-bond donors (Lipinski definition) is 2. The van der Waals surface area contributed by atoms with E-state index in [-0.39, 0.29) is 22.2 Å². The van der Waals surface area contributed by atoms with Gasteiger partial charge in [0.15, 0.2) is 0 Å². The highest BCUT2D eigenvalue weighted by Crippen LogP contribution is 2.38. The van der Waals surface area contributed by atoms with Crippen molar-refractivity contribution in [2.75, 3.05) is 5.32 Å². The second-order valence-corrected chi connectivity index (χ2v) is 9.80. The zero-order chi connectivity index (χ0) is 28.8. The van der Waals surface area contributed by atoms with E-state index in [0.717, 1.165) is 0 Å². The lowest BCUT2D eigenvalue weighted by molar-refractivity contribution is -0.0794. The summed E-state index contributed by atoms with van der Waals surface area (Å²) in [5.41, 5.74) is 0.617. The van der Waals surface area contributed by atoms with Gasteiger partial charge in [0, 0.05) is 7.05 Å². The number of alkyl halides is 2. The molecule has 3 aromatic carbocycles. The fourth-order valence-corrected chi connectivity index (χ4v) is 5.01. The third kappa shape index (κ3) is 4.66. The number of terminal acetylenes is 1. The van der Waals surface area contributed by atoms with Crippen molar-refractivity contribution < 1.29 is 18.3 Å². The number of imidazole rings is 1. The number of benzene rings is 3. The maximum absolute atomic E-state index is 15.0. The van der Waals surface area contributed by atoms with E-state index < -0.39 is 23.6 Å². The monoisotopic (exact) mass is 580 g/mol. The van der Waals surface area contributed by atoms with Gasteiger partial charge < -0.3 is 19.6 Å². The van der Waals surface area contributed by atoms with E-state index in [0.29, 0.717) is 38.1 Å². The first-order valence-corrected chi connectivity index (χ1v) is 12.6. The maximum Gasteiger partial charge on any atom is 0.349 e. The number of carbonyl (C=O) groups excluding carboxylic acids is 1. The number of hydrogen-bond acceptors (Lipinski definition) is 5. The summed E-state index contributed by atoms with van der Waals surface area (Å²) < 4.78 is 36.9. The number of nitrogens with one attached hydrogen (secondary N) is 2. The molecule has 0 bridgehead atoms. The van der Waals surface area contributed by atoms with Crippen LogP contribution in [0.2, 0.25) is 10.0 Å². The third-order valence-corrected chi connectivity index (χ3v) is 7.17. The molecule has 0 aliphatic heterocycles. The number of halogens is 4. The average Bonchev–Trinajstić information content (AvgIpc) is 3.26. The first-order valence-electron chi connectivity index (χ1n) is 11.9. The number of rotatable bonds is 6. The number of carbonyl (C=O) groups is 1. The van der Waals surface area contributed by atoms with Gasteiger partial charge in [0.2, 0.25) is 12.1 Å². The largest absolute Gasteiger partial charge is 0.445 e. The van der Waals surface area contributed by atoms with Crippen LogP contribution in [0.1, 0.15) is 27.7 Å². The molecule has 0 radical (unpaired) electrons. The van der Waals surface area contributed by atoms with Crippen molar-refractivity contribution in [3.63, 3.8) is 0 Å². The van der Waals surface area contributed by atoms with Crippen molar-refractivity contribution >= 4 is 62.6 Å². The summed E-state index contributed by atoms with van der Waals surface area (Å²) in [6.07, 6.45) is 2.87. The number of H-pyrrole nitrogens is 1. The Bertz CT molecular complexity index is 1880.